The van der Waals surface area contributed by atoms with Crippen molar-refractivity contribution in [2.45, 2.75) is 59.1 Å². The Morgan fingerprint density at radius 1 is 1.29 bits per heavy atom. The van der Waals surface area contributed by atoms with Gasteiger partial charge in [0.2, 0.25) is 0 Å². The quantitative estimate of drug-likeness (QED) is 0.748. The molecule has 0 unspecified atom stereocenters. The highest BCUT2D eigenvalue weighted by Crippen LogP contribution is 2.29. The second-order valence-corrected chi connectivity index (χ2v) is 6.60. The number of rotatable bonds is 8. The smallest absolute Gasteiger partial charge is 0.185 e. The molecule has 0 saturated carbocycles. The number of ether oxygens (including phenoxy) is 1. The number of anilines is 1. The van der Waals surface area contributed by atoms with Crippen LogP contribution in [0.4, 0.5) is 5.13 Å². The van der Waals surface area contributed by atoms with Gasteiger partial charge in [-0.25, -0.2) is 4.98 Å². The summed E-state index contributed by atoms with van der Waals surface area (Å²) in [6.45, 7) is 11.5. The standard InChI is InChI=1S/C16H29N3OS/c1-4-9-17-12-15-14(5-2)18-16(21-15)19-10-7-13(8-11-19)20-6-3/h13,17H,4-12H2,1-3H3. The summed E-state index contributed by atoms with van der Waals surface area (Å²) in [6.07, 6.45) is 4.89. The van der Waals surface area contributed by atoms with E-state index in [2.05, 4.69) is 31.0 Å². The van der Waals surface area contributed by atoms with E-state index in [1.807, 2.05) is 11.3 Å². The number of aryl methyl sites for hydroxylation is 1. The molecule has 2 rings (SSSR count). The summed E-state index contributed by atoms with van der Waals surface area (Å²) in [4.78, 5) is 8.71. The van der Waals surface area contributed by atoms with Crippen molar-refractivity contribution in [2.75, 3.05) is 31.1 Å². The zero-order chi connectivity index (χ0) is 15.1. The lowest BCUT2D eigenvalue weighted by Gasteiger charge is -2.31. The van der Waals surface area contributed by atoms with Crippen LogP contribution in [0.2, 0.25) is 0 Å². The van der Waals surface area contributed by atoms with E-state index in [1.165, 1.54) is 22.1 Å². The largest absolute Gasteiger partial charge is 0.378 e. The first-order chi connectivity index (χ1) is 10.3. The van der Waals surface area contributed by atoms with E-state index in [0.717, 1.165) is 52.0 Å². The van der Waals surface area contributed by atoms with Gasteiger partial charge in [-0.2, -0.15) is 0 Å². The van der Waals surface area contributed by atoms with Gasteiger partial charge >= 0.3 is 0 Å². The van der Waals surface area contributed by atoms with E-state index in [-0.39, 0.29) is 0 Å². The molecule has 0 aromatic carbocycles. The number of piperidine rings is 1. The summed E-state index contributed by atoms with van der Waals surface area (Å²) in [6, 6.07) is 0. The Balaban J connectivity index is 1.94. The van der Waals surface area contributed by atoms with E-state index in [0.29, 0.717) is 6.10 Å². The van der Waals surface area contributed by atoms with Gasteiger partial charge in [0.05, 0.1) is 11.8 Å². The Bertz CT molecular complexity index is 414. The Morgan fingerprint density at radius 3 is 2.67 bits per heavy atom. The molecule has 0 bridgehead atoms. The second kappa shape index (κ2) is 8.71. The molecule has 0 radical (unpaired) electrons. The molecule has 21 heavy (non-hydrogen) atoms. The molecule has 1 fully saturated rings. The van der Waals surface area contributed by atoms with Crippen LogP contribution >= 0.6 is 11.3 Å². The summed E-state index contributed by atoms with van der Waals surface area (Å²) >= 11 is 1.87. The van der Waals surface area contributed by atoms with Crippen LogP contribution in [0.5, 0.6) is 0 Å². The van der Waals surface area contributed by atoms with Crippen molar-refractivity contribution in [3.8, 4) is 0 Å². The third-order valence-electron chi connectivity index (χ3n) is 3.93. The molecule has 0 atom stereocenters. The van der Waals surface area contributed by atoms with Crippen molar-refractivity contribution in [2.24, 2.45) is 0 Å². The van der Waals surface area contributed by atoms with Gasteiger partial charge in [-0.15, -0.1) is 11.3 Å². The van der Waals surface area contributed by atoms with Gasteiger partial charge < -0.3 is 15.0 Å². The summed E-state index contributed by atoms with van der Waals surface area (Å²) in [5.41, 5.74) is 1.27. The normalized spacial score (nSPS) is 16.6. The van der Waals surface area contributed by atoms with Gasteiger partial charge in [0.15, 0.2) is 5.13 Å². The highest BCUT2D eigenvalue weighted by Gasteiger charge is 2.22. The van der Waals surface area contributed by atoms with Gasteiger partial charge in [-0.1, -0.05) is 13.8 Å². The second-order valence-electron chi connectivity index (χ2n) is 5.54. The van der Waals surface area contributed by atoms with Crippen molar-refractivity contribution < 1.29 is 4.74 Å². The SMILES string of the molecule is CCCNCc1sc(N2CCC(OCC)CC2)nc1CC. The topological polar surface area (TPSA) is 37.4 Å². The fourth-order valence-corrected chi connectivity index (χ4v) is 3.92. The molecular formula is C16H29N3OS. The lowest BCUT2D eigenvalue weighted by Crippen LogP contribution is -2.37. The van der Waals surface area contributed by atoms with Crippen molar-refractivity contribution in [1.29, 1.82) is 0 Å². The zero-order valence-electron chi connectivity index (χ0n) is 13.7. The predicted octanol–water partition coefficient (Wildman–Crippen LogP) is 3.21. The van der Waals surface area contributed by atoms with Crippen molar-refractivity contribution >= 4 is 16.5 Å². The number of nitrogens with zero attached hydrogens (tertiary/aromatic N) is 2. The average Bonchev–Trinajstić information content (AvgIpc) is 2.92. The van der Waals surface area contributed by atoms with E-state index >= 15 is 0 Å². The molecule has 1 aromatic rings. The Kier molecular flexibility index (Phi) is 6.93. The molecule has 5 heteroatoms. The van der Waals surface area contributed by atoms with Crippen molar-refractivity contribution in [1.82, 2.24) is 10.3 Å². The van der Waals surface area contributed by atoms with E-state index in [4.69, 9.17) is 9.72 Å². The van der Waals surface area contributed by atoms with Crippen LogP contribution in [0.3, 0.4) is 0 Å². The molecule has 1 aliphatic heterocycles. The zero-order valence-corrected chi connectivity index (χ0v) is 14.5. The predicted molar refractivity (Wildman–Crippen MR) is 90.4 cm³/mol. The molecule has 0 spiro atoms. The third kappa shape index (κ3) is 4.66. The minimum absolute atomic E-state index is 0.447. The Morgan fingerprint density at radius 2 is 2.05 bits per heavy atom. The molecule has 120 valence electrons. The molecule has 1 saturated heterocycles. The van der Waals surface area contributed by atoms with Crippen LogP contribution in [0.1, 0.15) is 50.6 Å². The fourth-order valence-electron chi connectivity index (χ4n) is 2.75. The van der Waals surface area contributed by atoms with Crippen LogP contribution in [0.15, 0.2) is 0 Å². The fraction of sp³-hybridized carbons (Fsp3) is 0.812. The third-order valence-corrected chi connectivity index (χ3v) is 5.09. The minimum atomic E-state index is 0.447. The van der Waals surface area contributed by atoms with Crippen molar-refractivity contribution in [3.63, 3.8) is 0 Å². The number of nitrogens with one attached hydrogen (secondary N) is 1. The summed E-state index contributed by atoms with van der Waals surface area (Å²) < 4.78 is 5.73. The molecule has 1 aliphatic rings. The van der Waals surface area contributed by atoms with Gasteiger partial charge in [0, 0.05) is 31.1 Å². The minimum Gasteiger partial charge on any atom is -0.378 e. The molecule has 1 N–H and O–H groups in total. The van der Waals surface area contributed by atoms with Crippen LogP contribution in [-0.4, -0.2) is 37.3 Å². The monoisotopic (exact) mass is 311 g/mol. The van der Waals surface area contributed by atoms with Crippen LogP contribution in [0, 0.1) is 0 Å². The van der Waals surface area contributed by atoms with Gasteiger partial charge in [0.25, 0.3) is 0 Å². The molecule has 0 aliphatic carbocycles. The maximum atomic E-state index is 5.73. The number of aromatic nitrogens is 1. The van der Waals surface area contributed by atoms with E-state index in [1.54, 1.807) is 0 Å². The molecule has 1 aromatic heterocycles. The average molecular weight is 311 g/mol. The van der Waals surface area contributed by atoms with Crippen molar-refractivity contribution in [3.05, 3.63) is 10.6 Å². The highest BCUT2D eigenvalue weighted by atomic mass is 32.1. The van der Waals surface area contributed by atoms with Gasteiger partial charge in [0.1, 0.15) is 0 Å². The number of thiazole rings is 1. The van der Waals surface area contributed by atoms with Crippen LogP contribution in [-0.2, 0) is 17.7 Å². The summed E-state index contributed by atoms with van der Waals surface area (Å²) in [5.74, 6) is 0. The van der Waals surface area contributed by atoms with Gasteiger partial charge in [-0.3, -0.25) is 0 Å². The maximum absolute atomic E-state index is 5.73. The van der Waals surface area contributed by atoms with E-state index < -0.39 is 0 Å². The summed E-state index contributed by atoms with van der Waals surface area (Å²) in [7, 11) is 0. The first-order valence-corrected chi connectivity index (χ1v) is 9.15. The molecular weight excluding hydrogens is 282 g/mol. The number of hydrogen-bond donors (Lipinski definition) is 1. The van der Waals surface area contributed by atoms with Crippen LogP contribution in [0.25, 0.3) is 0 Å². The highest BCUT2D eigenvalue weighted by molar-refractivity contribution is 7.15. The molecule has 2 heterocycles. The van der Waals surface area contributed by atoms with Crippen LogP contribution < -0.4 is 10.2 Å². The molecule has 0 amide bonds. The number of hydrogen-bond acceptors (Lipinski definition) is 5. The lowest BCUT2D eigenvalue weighted by atomic mass is 10.1. The van der Waals surface area contributed by atoms with E-state index in [9.17, 15) is 0 Å². The molecule has 4 nitrogen and oxygen atoms in total. The van der Waals surface area contributed by atoms with Gasteiger partial charge in [-0.05, 0) is 39.2 Å². The maximum Gasteiger partial charge on any atom is 0.185 e. The lowest BCUT2D eigenvalue weighted by molar-refractivity contribution is 0.0459. The Hall–Kier alpha value is -0.650. The Labute approximate surface area is 132 Å². The first-order valence-electron chi connectivity index (χ1n) is 8.34. The first kappa shape index (κ1) is 16.7. The summed E-state index contributed by atoms with van der Waals surface area (Å²) in [5, 5.41) is 4.70.